The summed E-state index contributed by atoms with van der Waals surface area (Å²) in [5.74, 6) is 0.839. The molecule has 0 fully saturated rings. The van der Waals surface area contributed by atoms with Crippen molar-refractivity contribution in [3.63, 3.8) is 0 Å². The maximum absolute atomic E-state index is 5.51. The molecule has 0 aliphatic rings. The molecule has 1 heterocycles. The lowest BCUT2D eigenvalue weighted by Crippen LogP contribution is -1.88. The lowest BCUT2D eigenvalue weighted by molar-refractivity contribution is 0.420. The Morgan fingerprint density at radius 2 is 1.89 bits per heavy atom. The highest BCUT2D eigenvalue weighted by Gasteiger charge is 2.10. The van der Waals surface area contributed by atoms with Gasteiger partial charge in [-0.3, -0.25) is 0 Å². The number of rotatable bonds is 2. The summed E-state index contributed by atoms with van der Waals surface area (Å²) in [5.41, 5.74) is 7.22. The average Bonchev–Trinajstić information content (AvgIpc) is 2.84. The van der Waals surface area contributed by atoms with Crippen molar-refractivity contribution in [1.82, 2.24) is 4.98 Å². The van der Waals surface area contributed by atoms with Crippen LogP contribution in [0.1, 0.15) is 0 Å². The third-order valence-corrected chi connectivity index (χ3v) is 2.90. The highest BCUT2D eigenvalue weighted by molar-refractivity contribution is 5.99. The molecule has 3 aromatic rings. The Morgan fingerprint density at radius 3 is 2.56 bits per heavy atom. The number of nitrogen functional groups attached to an aromatic ring is 1. The van der Waals surface area contributed by atoms with Crippen LogP contribution < -0.4 is 10.5 Å². The lowest BCUT2D eigenvalue weighted by Gasteiger charge is -2.08. The normalized spacial score (nSPS) is 10.7. The van der Waals surface area contributed by atoms with Gasteiger partial charge in [-0.1, -0.05) is 24.3 Å². The maximum Gasteiger partial charge on any atom is 0.292 e. The summed E-state index contributed by atoms with van der Waals surface area (Å²) in [6.45, 7) is 0. The number of anilines is 1. The van der Waals surface area contributed by atoms with Gasteiger partial charge in [0.1, 0.15) is 17.7 Å². The maximum atomic E-state index is 5.51. The van der Waals surface area contributed by atoms with Crippen molar-refractivity contribution in [3.05, 3.63) is 42.7 Å². The molecule has 0 bridgehead atoms. The van der Waals surface area contributed by atoms with E-state index in [4.69, 9.17) is 14.9 Å². The highest BCUT2D eigenvalue weighted by Crippen LogP contribution is 2.33. The van der Waals surface area contributed by atoms with Crippen LogP contribution in [0.2, 0.25) is 0 Å². The number of oxazole rings is 1. The average molecular weight is 240 g/mol. The first-order valence-corrected chi connectivity index (χ1v) is 5.56. The van der Waals surface area contributed by atoms with Gasteiger partial charge in [0.05, 0.1) is 7.11 Å². The van der Waals surface area contributed by atoms with Gasteiger partial charge in [-0.05, 0) is 17.5 Å². The van der Waals surface area contributed by atoms with Gasteiger partial charge in [-0.2, -0.15) is 4.98 Å². The van der Waals surface area contributed by atoms with E-state index in [1.165, 1.54) is 0 Å². The van der Waals surface area contributed by atoms with Crippen LogP contribution in [0.3, 0.4) is 0 Å². The Hall–Kier alpha value is -2.49. The molecule has 0 aliphatic heterocycles. The van der Waals surface area contributed by atoms with Crippen molar-refractivity contribution in [2.24, 2.45) is 0 Å². The first kappa shape index (κ1) is 10.7. The molecule has 4 nitrogen and oxygen atoms in total. The van der Waals surface area contributed by atoms with E-state index in [-0.39, 0.29) is 6.01 Å². The second kappa shape index (κ2) is 4.07. The van der Waals surface area contributed by atoms with Crippen LogP contribution in [0.15, 0.2) is 47.1 Å². The molecule has 0 atom stereocenters. The number of methoxy groups -OCH3 is 1. The Morgan fingerprint density at radius 1 is 1.11 bits per heavy atom. The van der Waals surface area contributed by atoms with Gasteiger partial charge < -0.3 is 14.9 Å². The van der Waals surface area contributed by atoms with Crippen LogP contribution in [-0.2, 0) is 0 Å². The molecule has 2 N–H and O–H groups in total. The summed E-state index contributed by atoms with van der Waals surface area (Å²) in [4.78, 5) is 4.16. The zero-order valence-corrected chi connectivity index (χ0v) is 9.88. The van der Waals surface area contributed by atoms with Crippen molar-refractivity contribution in [2.75, 3.05) is 12.8 Å². The van der Waals surface area contributed by atoms with Crippen molar-refractivity contribution < 1.29 is 9.15 Å². The standard InChI is InChI=1S/C14H12N2O2/c1-17-13-7-6-10(12-8-18-14(15)16-12)9-4-2-3-5-11(9)13/h2-8H,1H3,(H2,15,16). The van der Waals surface area contributed by atoms with E-state index in [1.54, 1.807) is 13.4 Å². The lowest BCUT2D eigenvalue weighted by atomic mass is 10.0. The Bertz CT molecular complexity index is 704. The Labute approximate surface area is 104 Å². The molecule has 0 radical (unpaired) electrons. The molecular formula is C14H12N2O2. The molecule has 0 aliphatic carbocycles. The van der Waals surface area contributed by atoms with E-state index >= 15 is 0 Å². The summed E-state index contributed by atoms with van der Waals surface area (Å²) in [5, 5.41) is 2.10. The minimum Gasteiger partial charge on any atom is -0.496 e. The second-order valence-corrected chi connectivity index (χ2v) is 3.93. The summed E-state index contributed by atoms with van der Waals surface area (Å²) in [6.07, 6.45) is 1.56. The third-order valence-electron chi connectivity index (χ3n) is 2.90. The molecule has 3 rings (SSSR count). The fourth-order valence-electron chi connectivity index (χ4n) is 2.08. The predicted molar refractivity (Wildman–Crippen MR) is 70.4 cm³/mol. The molecule has 0 unspecified atom stereocenters. The van der Waals surface area contributed by atoms with Crippen molar-refractivity contribution >= 4 is 16.8 Å². The number of benzene rings is 2. The number of fused-ring (bicyclic) bond motifs is 1. The minimum absolute atomic E-state index is 0.171. The second-order valence-electron chi connectivity index (χ2n) is 3.93. The van der Waals surface area contributed by atoms with Gasteiger partial charge in [0.2, 0.25) is 0 Å². The van der Waals surface area contributed by atoms with E-state index in [0.717, 1.165) is 27.8 Å². The molecule has 18 heavy (non-hydrogen) atoms. The summed E-state index contributed by atoms with van der Waals surface area (Å²) < 4.78 is 10.4. The van der Waals surface area contributed by atoms with Gasteiger partial charge in [-0.15, -0.1) is 0 Å². The molecule has 90 valence electrons. The van der Waals surface area contributed by atoms with Crippen molar-refractivity contribution in [3.8, 4) is 17.0 Å². The molecular weight excluding hydrogens is 228 g/mol. The van der Waals surface area contributed by atoms with Crippen molar-refractivity contribution in [2.45, 2.75) is 0 Å². The number of hydrogen-bond acceptors (Lipinski definition) is 4. The zero-order chi connectivity index (χ0) is 12.5. The van der Waals surface area contributed by atoms with Gasteiger partial charge >= 0.3 is 0 Å². The van der Waals surface area contributed by atoms with Crippen LogP contribution in [-0.4, -0.2) is 12.1 Å². The molecule has 0 saturated heterocycles. The molecule has 0 spiro atoms. The molecule has 0 saturated carbocycles. The zero-order valence-electron chi connectivity index (χ0n) is 9.88. The smallest absolute Gasteiger partial charge is 0.292 e. The van der Waals surface area contributed by atoms with E-state index in [0.29, 0.717) is 0 Å². The Kier molecular flexibility index (Phi) is 2.41. The predicted octanol–water partition coefficient (Wildman–Crippen LogP) is 3.09. The number of hydrogen-bond donors (Lipinski definition) is 1. The first-order chi connectivity index (χ1) is 8.79. The van der Waals surface area contributed by atoms with Crippen molar-refractivity contribution in [1.29, 1.82) is 0 Å². The summed E-state index contributed by atoms with van der Waals surface area (Å²) in [7, 11) is 1.66. The Balaban J connectivity index is 2.31. The number of ether oxygens (including phenoxy) is 1. The number of aromatic nitrogens is 1. The van der Waals surface area contributed by atoms with Gasteiger partial charge in [0.15, 0.2) is 0 Å². The molecule has 1 aromatic heterocycles. The topological polar surface area (TPSA) is 61.3 Å². The number of nitrogens with zero attached hydrogens (tertiary/aromatic N) is 1. The van der Waals surface area contributed by atoms with Crippen LogP contribution in [0.5, 0.6) is 5.75 Å². The van der Waals surface area contributed by atoms with E-state index in [2.05, 4.69) is 4.98 Å². The summed E-state index contributed by atoms with van der Waals surface area (Å²) in [6, 6.07) is 12.0. The van der Waals surface area contributed by atoms with Crippen LogP contribution in [0, 0.1) is 0 Å². The summed E-state index contributed by atoms with van der Waals surface area (Å²) >= 11 is 0. The molecule has 0 amide bonds. The molecule has 4 heteroatoms. The molecule has 2 aromatic carbocycles. The van der Waals surface area contributed by atoms with E-state index in [1.807, 2.05) is 36.4 Å². The SMILES string of the molecule is COc1ccc(-c2coc(N)n2)c2ccccc12. The van der Waals surface area contributed by atoms with E-state index < -0.39 is 0 Å². The van der Waals surface area contributed by atoms with Gasteiger partial charge in [-0.25, -0.2) is 0 Å². The van der Waals surface area contributed by atoms with E-state index in [9.17, 15) is 0 Å². The van der Waals surface area contributed by atoms with Gasteiger partial charge in [0, 0.05) is 10.9 Å². The van der Waals surface area contributed by atoms with Crippen LogP contribution in [0.25, 0.3) is 22.0 Å². The fourth-order valence-corrected chi connectivity index (χ4v) is 2.08. The van der Waals surface area contributed by atoms with Crippen LogP contribution >= 0.6 is 0 Å². The largest absolute Gasteiger partial charge is 0.496 e. The third kappa shape index (κ3) is 1.59. The quantitative estimate of drug-likeness (QED) is 0.747. The fraction of sp³-hybridized carbons (Fsp3) is 0.0714. The van der Waals surface area contributed by atoms with Gasteiger partial charge in [0.25, 0.3) is 6.01 Å². The monoisotopic (exact) mass is 240 g/mol. The highest BCUT2D eigenvalue weighted by atomic mass is 16.5. The van der Waals surface area contributed by atoms with Crippen LogP contribution in [0.4, 0.5) is 6.01 Å². The number of nitrogens with two attached hydrogens (primary N) is 1. The minimum atomic E-state index is 0.171. The first-order valence-electron chi connectivity index (χ1n) is 5.56.